The van der Waals surface area contributed by atoms with Gasteiger partial charge in [-0.05, 0) is 36.5 Å². The van der Waals surface area contributed by atoms with Gasteiger partial charge in [0.15, 0.2) is 5.11 Å². The molecule has 0 unspecified atom stereocenters. The minimum atomic E-state index is -0.548. The number of anilines is 1. The van der Waals surface area contributed by atoms with Crippen LogP contribution in [0.4, 0.5) is 5.69 Å². The summed E-state index contributed by atoms with van der Waals surface area (Å²) in [6.07, 6.45) is 3.27. The highest BCUT2D eigenvalue weighted by atomic mass is 35.5. The molecule has 8 nitrogen and oxygen atoms in total. The van der Waals surface area contributed by atoms with Gasteiger partial charge in [0.1, 0.15) is 11.3 Å². The summed E-state index contributed by atoms with van der Waals surface area (Å²) >= 11 is 11.0. The first-order valence-electron chi connectivity index (χ1n) is 7.34. The molecule has 0 aliphatic rings. The van der Waals surface area contributed by atoms with Crippen molar-refractivity contribution in [1.82, 2.24) is 20.2 Å². The standard InChI is InChI=1S/C16H13ClN6O2S/c17-10-4-5-23-8-12(20-13(23)7-10)15(25)21-22-16(26)19-11-3-1-2-9(6-11)14(18)24/h1-8H,(H2,18,24)(H,21,25)(H2,19,22,26). The monoisotopic (exact) mass is 388 g/mol. The Kier molecular flexibility index (Phi) is 5.01. The number of hydrazine groups is 1. The molecule has 26 heavy (non-hydrogen) atoms. The summed E-state index contributed by atoms with van der Waals surface area (Å²) in [6, 6.07) is 9.82. The maximum Gasteiger partial charge on any atom is 0.289 e. The van der Waals surface area contributed by atoms with Crippen molar-refractivity contribution in [3.63, 3.8) is 0 Å². The third-order valence-corrected chi connectivity index (χ3v) is 3.79. The third-order valence-electron chi connectivity index (χ3n) is 3.35. The van der Waals surface area contributed by atoms with Crippen LogP contribution in [0.3, 0.4) is 0 Å². The van der Waals surface area contributed by atoms with Crippen LogP contribution in [0.15, 0.2) is 48.8 Å². The first kappa shape index (κ1) is 17.6. The van der Waals surface area contributed by atoms with Gasteiger partial charge in [0.05, 0.1) is 0 Å². The number of nitrogens with zero attached hydrogens (tertiary/aromatic N) is 2. The minimum Gasteiger partial charge on any atom is -0.366 e. The second-order valence-corrected chi connectivity index (χ2v) is 6.06. The molecule has 0 radical (unpaired) electrons. The van der Waals surface area contributed by atoms with E-state index in [4.69, 9.17) is 29.6 Å². The van der Waals surface area contributed by atoms with Crippen molar-refractivity contribution in [1.29, 1.82) is 0 Å². The first-order chi connectivity index (χ1) is 12.4. The van der Waals surface area contributed by atoms with Gasteiger partial charge in [-0.3, -0.25) is 20.4 Å². The zero-order valence-electron chi connectivity index (χ0n) is 13.2. The molecule has 2 heterocycles. The summed E-state index contributed by atoms with van der Waals surface area (Å²) in [5.74, 6) is -1.02. The van der Waals surface area contributed by atoms with Gasteiger partial charge in [0.25, 0.3) is 5.91 Å². The van der Waals surface area contributed by atoms with Crippen LogP contribution in [0, 0.1) is 0 Å². The number of halogens is 1. The largest absolute Gasteiger partial charge is 0.366 e. The first-order valence-corrected chi connectivity index (χ1v) is 8.12. The molecule has 3 aromatic rings. The van der Waals surface area contributed by atoms with E-state index in [0.717, 1.165) is 0 Å². The van der Waals surface area contributed by atoms with E-state index in [1.807, 2.05) is 0 Å². The Bertz CT molecular complexity index is 1020. The van der Waals surface area contributed by atoms with Gasteiger partial charge in [-0.2, -0.15) is 0 Å². The van der Waals surface area contributed by atoms with Crippen LogP contribution >= 0.6 is 23.8 Å². The molecule has 0 aliphatic carbocycles. The number of carbonyl (C=O) groups excluding carboxylic acids is 2. The summed E-state index contributed by atoms with van der Waals surface area (Å²) < 4.78 is 1.67. The van der Waals surface area contributed by atoms with E-state index in [1.54, 1.807) is 53.2 Å². The van der Waals surface area contributed by atoms with E-state index in [9.17, 15) is 9.59 Å². The van der Waals surface area contributed by atoms with Crippen LogP contribution < -0.4 is 21.9 Å². The number of carbonyl (C=O) groups is 2. The Balaban J connectivity index is 1.60. The van der Waals surface area contributed by atoms with E-state index < -0.39 is 11.8 Å². The fourth-order valence-electron chi connectivity index (χ4n) is 2.16. The number of rotatable bonds is 3. The average molecular weight is 389 g/mol. The third kappa shape index (κ3) is 4.08. The molecule has 0 fully saturated rings. The quantitative estimate of drug-likeness (QED) is 0.401. The number of amides is 2. The van der Waals surface area contributed by atoms with Crippen LogP contribution in [-0.4, -0.2) is 26.3 Å². The van der Waals surface area contributed by atoms with Crippen LogP contribution in [0.1, 0.15) is 20.8 Å². The highest BCUT2D eigenvalue weighted by molar-refractivity contribution is 7.80. The molecule has 1 aromatic carbocycles. The number of thiocarbonyl (C=S) groups is 1. The van der Waals surface area contributed by atoms with Crippen molar-refractivity contribution < 1.29 is 9.59 Å². The molecule has 0 saturated carbocycles. The molecule has 132 valence electrons. The molecular formula is C16H13ClN6O2S. The predicted molar refractivity (Wildman–Crippen MR) is 102 cm³/mol. The summed E-state index contributed by atoms with van der Waals surface area (Å²) in [5, 5.41) is 3.49. The van der Waals surface area contributed by atoms with Gasteiger partial charge in [-0.25, -0.2) is 4.98 Å². The lowest BCUT2D eigenvalue weighted by Crippen LogP contribution is -2.43. The SMILES string of the molecule is NC(=O)c1cccc(NC(=S)NNC(=O)c2cn3ccc(Cl)cc3n2)c1. The van der Waals surface area contributed by atoms with Crippen molar-refractivity contribution in [3.8, 4) is 0 Å². The average Bonchev–Trinajstić information content (AvgIpc) is 3.03. The van der Waals surface area contributed by atoms with E-state index in [2.05, 4.69) is 21.2 Å². The number of fused-ring (bicyclic) bond motifs is 1. The summed E-state index contributed by atoms with van der Waals surface area (Å²) in [4.78, 5) is 27.5. The Morgan fingerprint density at radius 3 is 2.77 bits per heavy atom. The number of aromatic nitrogens is 2. The Labute approximate surface area is 158 Å². The lowest BCUT2D eigenvalue weighted by molar-refractivity contribution is 0.0938. The number of nitrogens with two attached hydrogens (primary N) is 1. The van der Waals surface area contributed by atoms with Crippen molar-refractivity contribution in [2.45, 2.75) is 0 Å². The second kappa shape index (κ2) is 7.38. The molecule has 0 bridgehead atoms. The minimum absolute atomic E-state index is 0.131. The topological polar surface area (TPSA) is 114 Å². The van der Waals surface area contributed by atoms with Crippen LogP contribution in [0.2, 0.25) is 5.02 Å². The Hall–Kier alpha value is -3.17. The lowest BCUT2D eigenvalue weighted by atomic mass is 10.2. The van der Waals surface area contributed by atoms with Crippen LogP contribution in [0.5, 0.6) is 0 Å². The highest BCUT2D eigenvalue weighted by Gasteiger charge is 2.11. The van der Waals surface area contributed by atoms with Crippen molar-refractivity contribution in [2.75, 3.05) is 5.32 Å². The Morgan fingerprint density at radius 1 is 1.19 bits per heavy atom. The van der Waals surface area contributed by atoms with Gasteiger partial charge in [0.2, 0.25) is 5.91 Å². The number of pyridine rings is 1. The lowest BCUT2D eigenvalue weighted by Gasteiger charge is -2.11. The van der Waals surface area contributed by atoms with Gasteiger partial charge < -0.3 is 15.5 Å². The smallest absolute Gasteiger partial charge is 0.289 e. The zero-order valence-corrected chi connectivity index (χ0v) is 14.8. The fraction of sp³-hybridized carbons (Fsp3) is 0. The van der Waals surface area contributed by atoms with Crippen molar-refractivity contribution in [2.24, 2.45) is 5.73 Å². The highest BCUT2D eigenvalue weighted by Crippen LogP contribution is 2.12. The van der Waals surface area contributed by atoms with E-state index in [0.29, 0.717) is 21.9 Å². The van der Waals surface area contributed by atoms with Gasteiger partial charge >= 0.3 is 0 Å². The predicted octanol–water partition coefficient (Wildman–Crippen LogP) is 1.72. The number of benzene rings is 1. The maximum absolute atomic E-state index is 12.2. The molecular weight excluding hydrogens is 376 g/mol. The molecule has 2 amide bonds. The van der Waals surface area contributed by atoms with Crippen LogP contribution in [0.25, 0.3) is 5.65 Å². The molecule has 2 aromatic heterocycles. The molecule has 0 aliphatic heterocycles. The molecule has 0 atom stereocenters. The molecule has 10 heteroatoms. The zero-order chi connectivity index (χ0) is 18.7. The van der Waals surface area contributed by atoms with Gasteiger partial charge in [-0.15, -0.1) is 0 Å². The number of primary amides is 1. The maximum atomic E-state index is 12.2. The van der Waals surface area contributed by atoms with E-state index in [-0.39, 0.29) is 10.8 Å². The van der Waals surface area contributed by atoms with E-state index >= 15 is 0 Å². The van der Waals surface area contributed by atoms with Gasteiger partial charge in [0, 0.05) is 34.7 Å². The second-order valence-electron chi connectivity index (χ2n) is 5.21. The number of hydrogen-bond donors (Lipinski definition) is 4. The summed E-state index contributed by atoms with van der Waals surface area (Å²) in [5.41, 5.74) is 11.9. The van der Waals surface area contributed by atoms with Gasteiger partial charge in [-0.1, -0.05) is 17.7 Å². The van der Waals surface area contributed by atoms with Crippen LogP contribution in [-0.2, 0) is 0 Å². The molecule has 0 spiro atoms. The molecule has 3 rings (SSSR count). The number of hydrogen-bond acceptors (Lipinski definition) is 4. The fourth-order valence-corrected chi connectivity index (χ4v) is 2.48. The summed E-state index contributed by atoms with van der Waals surface area (Å²) in [7, 11) is 0. The van der Waals surface area contributed by atoms with Crippen molar-refractivity contribution in [3.05, 3.63) is 65.1 Å². The normalized spacial score (nSPS) is 10.3. The Morgan fingerprint density at radius 2 is 2.00 bits per heavy atom. The number of imidazole rings is 1. The number of nitrogens with one attached hydrogen (secondary N) is 3. The molecule has 5 N–H and O–H groups in total. The van der Waals surface area contributed by atoms with Crippen molar-refractivity contribution >= 4 is 52.1 Å². The van der Waals surface area contributed by atoms with E-state index in [1.165, 1.54) is 0 Å². The molecule has 0 saturated heterocycles. The summed E-state index contributed by atoms with van der Waals surface area (Å²) in [6.45, 7) is 0.